The number of hydrogen-bond donors (Lipinski definition) is 1. The van der Waals surface area contributed by atoms with Crippen LogP contribution in [0.25, 0.3) is 0 Å². The number of pyridine rings is 1. The minimum atomic E-state index is 0.577. The van der Waals surface area contributed by atoms with Crippen molar-refractivity contribution in [1.29, 1.82) is 0 Å². The van der Waals surface area contributed by atoms with E-state index >= 15 is 0 Å². The van der Waals surface area contributed by atoms with Gasteiger partial charge in [0, 0.05) is 55.9 Å². The highest BCUT2D eigenvalue weighted by Gasteiger charge is 2.30. The standard InChI is InChI=1S/C13H20N4/c14-8-11-9-15-4-3-13(11)17-7-6-16-5-1-2-12(16)10-17/h3-4,9,12H,1-2,5-8,10,14H2. The highest BCUT2D eigenvalue weighted by molar-refractivity contribution is 5.52. The second kappa shape index (κ2) is 4.63. The Labute approximate surface area is 102 Å². The van der Waals surface area contributed by atoms with Gasteiger partial charge in [-0.2, -0.15) is 0 Å². The Morgan fingerprint density at radius 1 is 1.35 bits per heavy atom. The van der Waals surface area contributed by atoms with Crippen molar-refractivity contribution in [3.8, 4) is 0 Å². The number of anilines is 1. The van der Waals surface area contributed by atoms with Crippen molar-refractivity contribution in [1.82, 2.24) is 9.88 Å². The van der Waals surface area contributed by atoms with E-state index in [1.165, 1.54) is 37.2 Å². The zero-order chi connectivity index (χ0) is 11.7. The molecule has 4 heteroatoms. The second-order valence-corrected chi connectivity index (χ2v) is 4.99. The highest BCUT2D eigenvalue weighted by atomic mass is 15.3. The van der Waals surface area contributed by atoms with E-state index in [-0.39, 0.29) is 0 Å². The van der Waals surface area contributed by atoms with Gasteiger partial charge in [0.05, 0.1) is 0 Å². The van der Waals surface area contributed by atoms with Crippen LogP contribution in [-0.4, -0.2) is 42.1 Å². The van der Waals surface area contributed by atoms with E-state index in [1.54, 1.807) is 0 Å². The first-order valence-corrected chi connectivity index (χ1v) is 6.50. The Hall–Kier alpha value is -1.13. The lowest BCUT2D eigenvalue weighted by Gasteiger charge is -2.39. The molecule has 0 saturated carbocycles. The Bertz CT molecular complexity index is 393. The van der Waals surface area contributed by atoms with E-state index in [2.05, 4.69) is 20.9 Å². The van der Waals surface area contributed by atoms with Crippen molar-refractivity contribution in [2.75, 3.05) is 31.1 Å². The normalized spacial score (nSPS) is 25.0. The third-order valence-electron chi connectivity index (χ3n) is 4.03. The van der Waals surface area contributed by atoms with Crippen LogP contribution in [0.3, 0.4) is 0 Å². The summed E-state index contributed by atoms with van der Waals surface area (Å²) in [7, 11) is 0. The number of piperazine rings is 1. The molecule has 2 N–H and O–H groups in total. The fourth-order valence-electron chi connectivity index (χ4n) is 3.10. The monoisotopic (exact) mass is 232 g/mol. The molecule has 1 aromatic heterocycles. The summed E-state index contributed by atoms with van der Waals surface area (Å²) in [5.74, 6) is 0. The number of aromatic nitrogens is 1. The molecule has 3 rings (SSSR count). The van der Waals surface area contributed by atoms with Gasteiger partial charge < -0.3 is 10.6 Å². The zero-order valence-corrected chi connectivity index (χ0v) is 10.2. The fourth-order valence-corrected chi connectivity index (χ4v) is 3.10. The lowest BCUT2D eigenvalue weighted by Crippen LogP contribution is -2.50. The Balaban J connectivity index is 1.80. The van der Waals surface area contributed by atoms with Crippen LogP contribution in [0.4, 0.5) is 5.69 Å². The summed E-state index contributed by atoms with van der Waals surface area (Å²) < 4.78 is 0. The molecule has 92 valence electrons. The molecule has 2 aliphatic rings. The van der Waals surface area contributed by atoms with Crippen LogP contribution in [0.1, 0.15) is 18.4 Å². The van der Waals surface area contributed by atoms with Crippen LogP contribution in [0.2, 0.25) is 0 Å². The quantitative estimate of drug-likeness (QED) is 0.820. The second-order valence-electron chi connectivity index (χ2n) is 4.99. The first-order valence-electron chi connectivity index (χ1n) is 6.50. The molecular weight excluding hydrogens is 212 g/mol. The van der Waals surface area contributed by atoms with Gasteiger partial charge in [0.1, 0.15) is 0 Å². The highest BCUT2D eigenvalue weighted by Crippen LogP contribution is 2.26. The molecule has 3 heterocycles. The first kappa shape index (κ1) is 11.0. The topological polar surface area (TPSA) is 45.4 Å². The van der Waals surface area contributed by atoms with Gasteiger partial charge in [0.2, 0.25) is 0 Å². The zero-order valence-electron chi connectivity index (χ0n) is 10.2. The molecule has 1 atom stereocenters. The van der Waals surface area contributed by atoms with Crippen molar-refractivity contribution >= 4 is 5.69 Å². The molecule has 0 aromatic carbocycles. The Kier molecular flexibility index (Phi) is 2.99. The van der Waals surface area contributed by atoms with Gasteiger partial charge in [-0.25, -0.2) is 0 Å². The van der Waals surface area contributed by atoms with Crippen LogP contribution in [0, 0.1) is 0 Å². The predicted octanol–water partition coefficient (Wildman–Crippen LogP) is 0.825. The molecule has 0 spiro atoms. The Morgan fingerprint density at radius 3 is 3.18 bits per heavy atom. The van der Waals surface area contributed by atoms with Gasteiger partial charge >= 0.3 is 0 Å². The van der Waals surface area contributed by atoms with Gasteiger partial charge in [-0.1, -0.05) is 0 Å². The van der Waals surface area contributed by atoms with Crippen LogP contribution >= 0.6 is 0 Å². The molecule has 2 saturated heterocycles. The average molecular weight is 232 g/mol. The average Bonchev–Trinajstić information content (AvgIpc) is 2.85. The summed E-state index contributed by atoms with van der Waals surface area (Å²) in [6, 6.07) is 2.86. The molecule has 1 unspecified atom stereocenters. The van der Waals surface area contributed by atoms with Crippen molar-refractivity contribution in [2.24, 2.45) is 5.73 Å². The van der Waals surface area contributed by atoms with Gasteiger partial charge in [-0.3, -0.25) is 9.88 Å². The summed E-state index contributed by atoms with van der Waals surface area (Å²) >= 11 is 0. The fraction of sp³-hybridized carbons (Fsp3) is 0.615. The SMILES string of the molecule is NCc1cnccc1N1CCN2CCCC2C1. The van der Waals surface area contributed by atoms with Gasteiger partial charge in [-0.15, -0.1) is 0 Å². The van der Waals surface area contributed by atoms with Gasteiger partial charge in [0.25, 0.3) is 0 Å². The summed E-state index contributed by atoms with van der Waals surface area (Å²) in [6.45, 7) is 5.33. The summed E-state index contributed by atoms with van der Waals surface area (Å²) in [5, 5.41) is 0. The summed E-state index contributed by atoms with van der Waals surface area (Å²) in [5.41, 5.74) is 8.24. The van der Waals surface area contributed by atoms with Gasteiger partial charge in [0.15, 0.2) is 0 Å². The molecule has 0 aliphatic carbocycles. The predicted molar refractivity (Wildman–Crippen MR) is 68.9 cm³/mol. The van der Waals surface area contributed by atoms with E-state index < -0.39 is 0 Å². The molecule has 2 fully saturated rings. The van der Waals surface area contributed by atoms with Gasteiger partial charge in [-0.05, 0) is 25.5 Å². The van der Waals surface area contributed by atoms with E-state index in [1.807, 2.05) is 12.4 Å². The molecule has 0 amide bonds. The largest absolute Gasteiger partial charge is 0.368 e. The number of rotatable bonds is 2. The van der Waals surface area contributed by atoms with Crippen molar-refractivity contribution in [3.63, 3.8) is 0 Å². The third-order valence-corrected chi connectivity index (χ3v) is 4.03. The van der Waals surface area contributed by atoms with E-state index in [0.717, 1.165) is 19.1 Å². The lowest BCUT2D eigenvalue weighted by atomic mass is 10.1. The van der Waals surface area contributed by atoms with Crippen molar-refractivity contribution < 1.29 is 0 Å². The van der Waals surface area contributed by atoms with E-state index in [0.29, 0.717) is 6.54 Å². The molecule has 4 nitrogen and oxygen atoms in total. The third kappa shape index (κ3) is 2.03. The molecular formula is C13H20N4. The maximum atomic E-state index is 5.79. The number of nitrogens with two attached hydrogens (primary N) is 1. The smallest absolute Gasteiger partial charge is 0.0443 e. The number of nitrogens with zero attached hydrogens (tertiary/aromatic N) is 3. The van der Waals surface area contributed by atoms with Crippen LogP contribution in [-0.2, 0) is 6.54 Å². The minimum Gasteiger partial charge on any atom is -0.368 e. The maximum absolute atomic E-state index is 5.79. The van der Waals surface area contributed by atoms with Crippen LogP contribution in [0.15, 0.2) is 18.5 Å². The molecule has 2 aliphatic heterocycles. The van der Waals surface area contributed by atoms with Crippen LogP contribution in [0.5, 0.6) is 0 Å². The summed E-state index contributed by atoms with van der Waals surface area (Å²) in [4.78, 5) is 9.27. The van der Waals surface area contributed by atoms with Crippen LogP contribution < -0.4 is 10.6 Å². The summed E-state index contributed by atoms with van der Waals surface area (Å²) in [6.07, 6.45) is 6.48. The molecule has 17 heavy (non-hydrogen) atoms. The first-order chi connectivity index (χ1) is 8.38. The minimum absolute atomic E-state index is 0.577. The maximum Gasteiger partial charge on any atom is 0.0443 e. The van der Waals surface area contributed by atoms with Crippen molar-refractivity contribution in [2.45, 2.75) is 25.4 Å². The Morgan fingerprint density at radius 2 is 2.29 bits per heavy atom. The number of fused-ring (bicyclic) bond motifs is 1. The molecule has 0 bridgehead atoms. The van der Waals surface area contributed by atoms with E-state index in [9.17, 15) is 0 Å². The lowest BCUT2D eigenvalue weighted by molar-refractivity contribution is 0.231. The number of hydrogen-bond acceptors (Lipinski definition) is 4. The van der Waals surface area contributed by atoms with E-state index in [4.69, 9.17) is 5.73 Å². The molecule has 1 aromatic rings. The van der Waals surface area contributed by atoms with Crippen molar-refractivity contribution in [3.05, 3.63) is 24.0 Å². The molecule has 0 radical (unpaired) electrons.